The first-order chi connectivity index (χ1) is 14.2. The molecule has 4 heteroatoms. The second-order valence-electron chi connectivity index (χ2n) is 8.51. The highest BCUT2D eigenvalue weighted by Crippen LogP contribution is 2.37. The van der Waals surface area contributed by atoms with Crippen LogP contribution in [-0.2, 0) is 6.42 Å². The molecular formula is C26H30O4. The Morgan fingerprint density at radius 2 is 1.93 bits per heavy atom. The number of fused-ring (bicyclic) bond motifs is 1. The smallest absolute Gasteiger partial charge is 0.189 e. The molecule has 0 amide bonds. The van der Waals surface area contributed by atoms with Crippen molar-refractivity contribution >= 4 is 11.9 Å². The zero-order valence-corrected chi connectivity index (χ0v) is 18.4. The standard InChI is InChI=1S/C26H30O4/c1-17-6-10-20-15-22(23(27)13-9-19-7-11-21(29-5)12-8-19)24(28)16-25(20)30-26(3,4)18(2)14-17/h6-9,11-13,15-16,18,28H,10,14H2,1-5H3/b13-9+,17-6+. The molecule has 1 aliphatic rings. The number of phenols is 1. The first-order valence-corrected chi connectivity index (χ1v) is 10.3. The quantitative estimate of drug-likeness (QED) is 0.385. The summed E-state index contributed by atoms with van der Waals surface area (Å²) in [4.78, 5) is 12.8. The third-order valence-corrected chi connectivity index (χ3v) is 5.85. The predicted molar refractivity (Wildman–Crippen MR) is 120 cm³/mol. The summed E-state index contributed by atoms with van der Waals surface area (Å²) < 4.78 is 11.4. The summed E-state index contributed by atoms with van der Waals surface area (Å²) in [5, 5.41) is 10.6. The van der Waals surface area contributed by atoms with Crippen LogP contribution in [0.1, 0.15) is 55.6 Å². The molecule has 0 radical (unpaired) electrons. The van der Waals surface area contributed by atoms with E-state index in [0.29, 0.717) is 18.1 Å². The number of rotatable bonds is 4. The van der Waals surface area contributed by atoms with Crippen LogP contribution >= 0.6 is 0 Å². The average molecular weight is 407 g/mol. The Hall–Kier alpha value is -3.01. The lowest BCUT2D eigenvalue weighted by atomic mass is 9.87. The monoisotopic (exact) mass is 406 g/mol. The molecule has 1 N–H and O–H groups in total. The van der Waals surface area contributed by atoms with Gasteiger partial charge >= 0.3 is 0 Å². The molecule has 1 atom stereocenters. The van der Waals surface area contributed by atoms with E-state index in [1.807, 2.05) is 24.3 Å². The molecule has 0 saturated carbocycles. The number of phenolic OH excluding ortho intramolecular Hbond substituents is 1. The zero-order valence-electron chi connectivity index (χ0n) is 18.4. The maximum absolute atomic E-state index is 12.8. The van der Waals surface area contributed by atoms with Crippen LogP contribution in [0.5, 0.6) is 17.2 Å². The second kappa shape index (κ2) is 8.78. The van der Waals surface area contributed by atoms with Gasteiger partial charge in [-0.2, -0.15) is 0 Å². The molecule has 2 aromatic carbocycles. The molecule has 4 nitrogen and oxygen atoms in total. The first-order valence-electron chi connectivity index (χ1n) is 10.3. The van der Waals surface area contributed by atoms with E-state index < -0.39 is 0 Å². The Morgan fingerprint density at radius 1 is 1.23 bits per heavy atom. The van der Waals surface area contributed by atoms with E-state index in [2.05, 4.69) is 33.8 Å². The fraction of sp³-hybridized carbons (Fsp3) is 0.346. The highest BCUT2D eigenvalue weighted by Gasteiger charge is 2.30. The average Bonchev–Trinajstić information content (AvgIpc) is 2.74. The molecule has 0 aromatic heterocycles. The molecule has 0 saturated heterocycles. The van der Waals surface area contributed by atoms with Crippen molar-refractivity contribution in [1.82, 2.24) is 0 Å². The lowest BCUT2D eigenvalue weighted by molar-refractivity contribution is 0.0513. The molecule has 158 valence electrons. The van der Waals surface area contributed by atoms with E-state index in [0.717, 1.165) is 23.3 Å². The van der Waals surface area contributed by atoms with Crippen LogP contribution in [0.25, 0.3) is 6.08 Å². The molecule has 30 heavy (non-hydrogen) atoms. The number of hydrogen-bond acceptors (Lipinski definition) is 4. The Labute approximate surface area is 178 Å². The Balaban J connectivity index is 1.91. The molecule has 3 rings (SSSR count). The number of aromatic hydroxyl groups is 1. The summed E-state index contributed by atoms with van der Waals surface area (Å²) in [5.41, 5.74) is 2.96. The van der Waals surface area contributed by atoms with Gasteiger partial charge in [-0.25, -0.2) is 0 Å². The van der Waals surface area contributed by atoms with Crippen molar-refractivity contribution in [3.8, 4) is 17.2 Å². The molecule has 0 spiro atoms. The Morgan fingerprint density at radius 3 is 2.60 bits per heavy atom. The minimum absolute atomic E-state index is 0.0680. The number of ketones is 1. The fourth-order valence-corrected chi connectivity index (χ4v) is 3.52. The summed E-state index contributed by atoms with van der Waals surface area (Å²) in [7, 11) is 1.61. The van der Waals surface area contributed by atoms with E-state index in [1.165, 1.54) is 11.6 Å². The molecule has 0 aliphatic carbocycles. The number of hydrogen-bond donors (Lipinski definition) is 1. The lowest BCUT2D eigenvalue weighted by Crippen LogP contribution is -2.36. The first kappa shape index (κ1) is 21.7. The summed E-state index contributed by atoms with van der Waals surface area (Å²) in [6.45, 7) is 8.42. The molecule has 0 bridgehead atoms. The molecule has 1 unspecified atom stereocenters. The van der Waals surface area contributed by atoms with Crippen LogP contribution in [-0.4, -0.2) is 23.6 Å². The molecular weight excluding hydrogens is 376 g/mol. The largest absolute Gasteiger partial charge is 0.507 e. The third-order valence-electron chi connectivity index (χ3n) is 5.85. The van der Waals surface area contributed by atoms with Crippen LogP contribution in [0, 0.1) is 5.92 Å². The van der Waals surface area contributed by atoms with Crippen molar-refractivity contribution in [1.29, 1.82) is 0 Å². The summed E-state index contributed by atoms with van der Waals surface area (Å²) in [6.07, 6.45) is 7.00. The van der Waals surface area contributed by atoms with Crippen LogP contribution in [0.2, 0.25) is 0 Å². The highest BCUT2D eigenvalue weighted by molar-refractivity contribution is 6.08. The van der Waals surface area contributed by atoms with Crippen molar-refractivity contribution in [2.24, 2.45) is 5.92 Å². The van der Waals surface area contributed by atoms with Gasteiger partial charge in [-0.3, -0.25) is 4.79 Å². The van der Waals surface area contributed by atoms with Gasteiger partial charge in [0, 0.05) is 6.07 Å². The number of allylic oxidation sites excluding steroid dienone is 3. The molecule has 0 fully saturated rings. The minimum Gasteiger partial charge on any atom is -0.507 e. The number of benzene rings is 2. The predicted octanol–water partition coefficient (Wildman–Crippen LogP) is 5.98. The number of carbonyl (C=O) groups excluding carboxylic acids is 1. The van der Waals surface area contributed by atoms with Crippen LogP contribution in [0.15, 0.2) is 54.1 Å². The molecule has 2 aromatic rings. The maximum atomic E-state index is 12.8. The van der Waals surface area contributed by atoms with E-state index in [-0.39, 0.29) is 22.7 Å². The van der Waals surface area contributed by atoms with Gasteiger partial charge in [-0.1, -0.05) is 36.8 Å². The highest BCUT2D eigenvalue weighted by atomic mass is 16.5. The molecule has 1 aliphatic heterocycles. The zero-order chi connectivity index (χ0) is 21.9. The Bertz CT molecular complexity index is 981. The van der Waals surface area contributed by atoms with E-state index in [1.54, 1.807) is 25.3 Å². The van der Waals surface area contributed by atoms with Crippen molar-refractivity contribution in [3.05, 3.63) is 70.8 Å². The van der Waals surface area contributed by atoms with Crippen LogP contribution < -0.4 is 9.47 Å². The van der Waals surface area contributed by atoms with Crippen LogP contribution in [0.4, 0.5) is 0 Å². The van der Waals surface area contributed by atoms with Gasteiger partial charge < -0.3 is 14.6 Å². The maximum Gasteiger partial charge on any atom is 0.189 e. The summed E-state index contributed by atoms with van der Waals surface area (Å²) in [5.74, 6) is 1.39. The summed E-state index contributed by atoms with van der Waals surface area (Å²) >= 11 is 0. The van der Waals surface area contributed by atoms with Gasteiger partial charge in [0.05, 0.1) is 12.7 Å². The fourth-order valence-electron chi connectivity index (χ4n) is 3.52. The number of carbonyl (C=O) groups is 1. The van der Waals surface area contributed by atoms with Crippen LogP contribution in [0.3, 0.4) is 0 Å². The van der Waals surface area contributed by atoms with E-state index in [9.17, 15) is 9.90 Å². The van der Waals surface area contributed by atoms with Gasteiger partial charge in [0.25, 0.3) is 0 Å². The molecule has 1 heterocycles. The number of ether oxygens (including phenoxy) is 2. The third kappa shape index (κ3) is 4.93. The van der Waals surface area contributed by atoms with Crippen molar-refractivity contribution in [3.63, 3.8) is 0 Å². The van der Waals surface area contributed by atoms with Crippen molar-refractivity contribution < 1.29 is 19.4 Å². The normalized spacial score (nSPS) is 20.2. The minimum atomic E-state index is -0.388. The van der Waals surface area contributed by atoms with Gasteiger partial charge in [0.15, 0.2) is 5.78 Å². The Kier molecular flexibility index (Phi) is 6.35. The van der Waals surface area contributed by atoms with Crippen molar-refractivity contribution in [2.45, 2.75) is 46.1 Å². The number of methoxy groups -OCH3 is 1. The topological polar surface area (TPSA) is 55.8 Å². The SMILES string of the molecule is COc1ccc(/C=C/C(=O)c2cc3c(cc2O)OC(C)(C)C(C)C/C(C)=C/C3)cc1. The van der Waals surface area contributed by atoms with E-state index >= 15 is 0 Å². The van der Waals surface area contributed by atoms with Gasteiger partial charge in [-0.15, -0.1) is 0 Å². The van der Waals surface area contributed by atoms with Gasteiger partial charge in [0.1, 0.15) is 22.8 Å². The van der Waals surface area contributed by atoms with Gasteiger partial charge in [-0.05, 0) is 74.9 Å². The second-order valence-corrected chi connectivity index (χ2v) is 8.51. The summed E-state index contributed by atoms with van der Waals surface area (Å²) in [6, 6.07) is 10.7. The van der Waals surface area contributed by atoms with E-state index in [4.69, 9.17) is 9.47 Å². The lowest BCUT2D eigenvalue weighted by Gasteiger charge is -2.33. The van der Waals surface area contributed by atoms with Gasteiger partial charge in [0.2, 0.25) is 0 Å². The van der Waals surface area contributed by atoms with Crippen molar-refractivity contribution in [2.75, 3.05) is 7.11 Å².